The van der Waals surface area contributed by atoms with E-state index in [2.05, 4.69) is 36.4 Å². The summed E-state index contributed by atoms with van der Waals surface area (Å²) in [5, 5.41) is 26.6. The highest BCUT2D eigenvalue weighted by molar-refractivity contribution is 5.78. The number of amides is 2. The second-order valence-corrected chi connectivity index (χ2v) is 13.2. The molecule has 1 fully saturated rings. The van der Waals surface area contributed by atoms with E-state index in [4.69, 9.17) is 21.0 Å². The standard InChI is InChI=1S/C38H44N8O2/c39-33-25-29-17-15-27-9-1-3-11-31(27)37(29)41-45(33)19-7-5-13-35(47)43-21-23-44(24-22-43)36(48)14-6-8-20-46-34(40)26-30-18-16-28-10-2-4-12-32(28)38(30)42-46/h1-4,9-12,25-26,39-40H,5-8,13-24H2. The van der Waals surface area contributed by atoms with E-state index in [0.717, 1.165) is 85.0 Å². The molecule has 3 aliphatic rings. The average molecular weight is 645 g/mol. The number of piperazine rings is 1. The van der Waals surface area contributed by atoms with Gasteiger partial charge in [0.05, 0.1) is 11.4 Å². The predicted molar refractivity (Wildman–Crippen MR) is 183 cm³/mol. The Morgan fingerprint density at radius 2 is 0.958 bits per heavy atom. The maximum Gasteiger partial charge on any atom is 0.222 e. The third-order valence-corrected chi connectivity index (χ3v) is 10.1. The smallest absolute Gasteiger partial charge is 0.222 e. The highest BCUT2D eigenvalue weighted by atomic mass is 16.2. The summed E-state index contributed by atoms with van der Waals surface area (Å²) in [6.07, 6.45) is 7.76. The Balaban J connectivity index is 0.823. The molecule has 248 valence electrons. The summed E-state index contributed by atoms with van der Waals surface area (Å²) in [6, 6.07) is 20.6. The second-order valence-electron chi connectivity index (χ2n) is 13.2. The number of carbonyl (C=O) groups excluding carboxylic acids is 2. The van der Waals surface area contributed by atoms with Crippen LogP contribution in [0.15, 0.2) is 60.7 Å². The molecule has 10 heteroatoms. The first-order valence-electron chi connectivity index (χ1n) is 17.5. The molecule has 3 heterocycles. The molecular weight excluding hydrogens is 600 g/mol. The lowest BCUT2D eigenvalue weighted by molar-refractivity contribution is -0.139. The number of nitrogens with one attached hydrogen (secondary N) is 2. The molecule has 4 aromatic rings. The van der Waals surface area contributed by atoms with E-state index in [0.29, 0.717) is 63.1 Å². The number of benzene rings is 2. The highest BCUT2D eigenvalue weighted by Gasteiger charge is 2.24. The molecule has 2 aromatic heterocycles. The monoisotopic (exact) mass is 644 g/mol. The van der Waals surface area contributed by atoms with Crippen LogP contribution in [0.5, 0.6) is 0 Å². The Morgan fingerprint density at radius 1 is 0.562 bits per heavy atom. The van der Waals surface area contributed by atoms with Crippen LogP contribution < -0.4 is 11.0 Å². The van der Waals surface area contributed by atoms with Crippen molar-refractivity contribution in [2.24, 2.45) is 0 Å². The Morgan fingerprint density at radius 3 is 1.40 bits per heavy atom. The maximum absolute atomic E-state index is 13.0. The van der Waals surface area contributed by atoms with Gasteiger partial charge in [-0.3, -0.25) is 20.4 Å². The fraction of sp³-hybridized carbons (Fsp3) is 0.421. The fourth-order valence-corrected chi connectivity index (χ4v) is 7.34. The van der Waals surface area contributed by atoms with Crippen molar-refractivity contribution < 1.29 is 9.59 Å². The molecule has 0 bridgehead atoms. The van der Waals surface area contributed by atoms with Gasteiger partial charge < -0.3 is 9.80 Å². The number of nitrogens with zero attached hydrogens (tertiary/aromatic N) is 6. The SMILES string of the molecule is N=c1cc2c(nn1CCCCC(=O)N1CCN(C(=O)CCCCn3nc4c(cc3=N)CCc3ccccc3-4)CC1)-c1ccccc1CC2. The van der Waals surface area contributed by atoms with Crippen LogP contribution in [-0.2, 0) is 48.4 Å². The minimum Gasteiger partial charge on any atom is -0.339 e. The van der Waals surface area contributed by atoms with Gasteiger partial charge in [-0.1, -0.05) is 48.5 Å². The van der Waals surface area contributed by atoms with E-state index >= 15 is 0 Å². The van der Waals surface area contributed by atoms with Crippen LogP contribution in [0, 0.1) is 10.8 Å². The number of unbranched alkanes of at least 4 members (excludes halogenated alkanes) is 2. The highest BCUT2D eigenvalue weighted by Crippen LogP contribution is 2.31. The molecule has 0 saturated carbocycles. The van der Waals surface area contributed by atoms with Gasteiger partial charge in [0.25, 0.3) is 0 Å². The van der Waals surface area contributed by atoms with Crippen LogP contribution in [0.3, 0.4) is 0 Å². The summed E-state index contributed by atoms with van der Waals surface area (Å²) in [4.78, 5) is 29.7. The Kier molecular flexibility index (Phi) is 9.31. The van der Waals surface area contributed by atoms with Crippen LogP contribution in [0.1, 0.15) is 60.8 Å². The number of hydrogen-bond acceptors (Lipinski definition) is 6. The van der Waals surface area contributed by atoms with Gasteiger partial charge in [0.15, 0.2) is 0 Å². The molecule has 48 heavy (non-hydrogen) atoms. The normalized spacial score (nSPS) is 14.9. The summed E-state index contributed by atoms with van der Waals surface area (Å²) in [5.41, 5.74) is 10.0. The van der Waals surface area contributed by atoms with Crippen molar-refractivity contribution in [3.63, 3.8) is 0 Å². The van der Waals surface area contributed by atoms with Crippen LogP contribution >= 0.6 is 0 Å². The van der Waals surface area contributed by atoms with Gasteiger partial charge in [-0.05, 0) is 85.8 Å². The molecule has 1 saturated heterocycles. The van der Waals surface area contributed by atoms with Crippen molar-refractivity contribution >= 4 is 11.8 Å². The van der Waals surface area contributed by atoms with Gasteiger partial charge in [-0.2, -0.15) is 10.2 Å². The van der Waals surface area contributed by atoms with Gasteiger partial charge in [0.1, 0.15) is 11.0 Å². The van der Waals surface area contributed by atoms with Crippen molar-refractivity contribution in [1.29, 1.82) is 10.8 Å². The maximum atomic E-state index is 13.0. The molecule has 7 rings (SSSR count). The molecular formula is C38H44N8O2. The van der Waals surface area contributed by atoms with Crippen LogP contribution in [0.25, 0.3) is 22.5 Å². The zero-order chi connectivity index (χ0) is 33.0. The molecule has 2 amide bonds. The number of aryl methyl sites for hydroxylation is 6. The minimum absolute atomic E-state index is 0.133. The number of aromatic nitrogens is 4. The molecule has 2 aliphatic carbocycles. The lowest BCUT2D eigenvalue weighted by atomic mass is 9.89. The number of carbonyl (C=O) groups is 2. The van der Waals surface area contributed by atoms with Gasteiger partial charge >= 0.3 is 0 Å². The second kappa shape index (κ2) is 14.1. The van der Waals surface area contributed by atoms with E-state index in [1.165, 1.54) is 11.1 Å². The van der Waals surface area contributed by atoms with Gasteiger partial charge in [-0.25, -0.2) is 9.36 Å². The topological polar surface area (TPSA) is 124 Å². The summed E-state index contributed by atoms with van der Waals surface area (Å²) in [6.45, 7) is 3.51. The van der Waals surface area contributed by atoms with Gasteiger partial charge in [0.2, 0.25) is 11.8 Å². The molecule has 0 unspecified atom stereocenters. The van der Waals surface area contributed by atoms with Crippen molar-refractivity contribution in [3.8, 4) is 22.5 Å². The third kappa shape index (κ3) is 6.74. The predicted octanol–water partition coefficient (Wildman–Crippen LogP) is 4.28. The van der Waals surface area contributed by atoms with Crippen molar-refractivity contribution in [2.45, 2.75) is 77.3 Å². The van der Waals surface area contributed by atoms with Gasteiger partial charge in [-0.15, -0.1) is 0 Å². The first-order valence-corrected chi connectivity index (χ1v) is 17.5. The Bertz CT molecular complexity index is 1810. The van der Waals surface area contributed by atoms with Crippen LogP contribution in [0.2, 0.25) is 0 Å². The zero-order valence-corrected chi connectivity index (χ0v) is 27.6. The van der Waals surface area contributed by atoms with E-state index in [-0.39, 0.29) is 11.8 Å². The average Bonchev–Trinajstić information content (AvgIpc) is 3.12. The summed E-state index contributed by atoms with van der Waals surface area (Å²) in [7, 11) is 0. The fourth-order valence-electron chi connectivity index (χ4n) is 7.34. The summed E-state index contributed by atoms with van der Waals surface area (Å²) < 4.78 is 3.53. The Hall–Kier alpha value is -4.86. The number of fused-ring (bicyclic) bond motifs is 6. The largest absolute Gasteiger partial charge is 0.339 e. The zero-order valence-electron chi connectivity index (χ0n) is 27.6. The molecule has 0 spiro atoms. The molecule has 1 aliphatic heterocycles. The number of hydrogen-bond donors (Lipinski definition) is 2. The van der Waals surface area contributed by atoms with E-state index < -0.39 is 0 Å². The number of rotatable bonds is 10. The first kappa shape index (κ1) is 31.7. The molecule has 2 N–H and O–H groups in total. The van der Waals surface area contributed by atoms with Gasteiger partial charge in [0, 0.05) is 63.2 Å². The molecule has 0 radical (unpaired) electrons. The molecule has 0 atom stereocenters. The van der Waals surface area contributed by atoms with Crippen molar-refractivity contribution in [1.82, 2.24) is 29.4 Å². The van der Waals surface area contributed by atoms with E-state index in [9.17, 15) is 9.59 Å². The minimum atomic E-state index is 0.133. The summed E-state index contributed by atoms with van der Waals surface area (Å²) in [5.74, 6) is 0.267. The van der Waals surface area contributed by atoms with E-state index in [1.54, 1.807) is 9.36 Å². The van der Waals surface area contributed by atoms with E-state index in [1.807, 2.05) is 34.1 Å². The first-order chi connectivity index (χ1) is 23.4. The van der Waals surface area contributed by atoms with Crippen molar-refractivity contribution in [3.05, 3.63) is 93.9 Å². The van der Waals surface area contributed by atoms with Crippen LogP contribution in [-0.4, -0.2) is 67.4 Å². The Labute approximate surface area is 281 Å². The lowest BCUT2D eigenvalue weighted by Gasteiger charge is -2.35. The molecule has 2 aromatic carbocycles. The third-order valence-electron chi connectivity index (χ3n) is 10.1. The summed E-state index contributed by atoms with van der Waals surface area (Å²) >= 11 is 0. The lowest BCUT2D eigenvalue weighted by Crippen LogP contribution is -2.50. The molecule has 10 nitrogen and oxygen atoms in total. The van der Waals surface area contributed by atoms with Crippen LogP contribution in [0.4, 0.5) is 0 Å². The quantitative estimate of drug-likeness (QED) is 0.250. The van der Waals surface area contributed by atoms with Crippen molar-refractivity contribution in [2.75, 3.05) is 26.2 Å².